The standard InChI is InChI=1S/C13H16O/c14-13-10-5-3-4-9(8-10)11-6-1-2-7-12(11)13/h1-2,6-7,9-10,13-14H,3-5,8H2/t9-,10+,13+/m0/s1. The zero-order chi connectivity index (χ0) is 9.54. The predicted octanol–water partition coefficient (Wildman–Crippen LogP) is 3.01. The Balaban J connectivity index is 2.11. The largest absolute Gasteiger partial charge is 0.388 e. The number of fused-ring (bicyclic) bond motifs is 4. The first kappa shape index (κ1) is 8.49. The monoisotopic (exact) mass is 188 g/mol. The molecule has 0 heterocycles. The summed E-state index contributed by atoms with van der Waals surface area (Å²) < 4.78 is 0. The Kier molecular flexibility index (Phi) is 1.88. The number of aliphatic hydroxyl groups is 1. The molecule has 2 aliphatic rings. The average molecular weight is 188 g/mol. The van der Waals surface area contributed by atoms with Gasteiger partial charge in [-0.2, -0.15) is 0 Å². The molecule has 0 aromatic heterocycles. The van der Waals surface area contributed by atoms with Gasteiger partial charge >= 0.3 is 0 Å². The van der Waals surface area contributed by atoms with Gasteiger partial charge in [-0.3, -0.25) is 0 Å². The predicted molar refractivity (Wildman–Crippen MR) is 56.1 cm³/mol. The van der Waals surface area contributed by atoms with Gasteiger partial charge in [-0.15, -0.1) is 0 Å². The van der Waals surface area contributed by atoms with E-state index in [9.17, 15) is 5.11 Å². The van der Waals surface area contributed by atoms with E-state index < -0.39 is 0 Å². The van der Waals surface area contributed by atoms with Gasteiger partial charge in [-0.1, -0.05) is 30.7 Å². The van der Waals surface area contributed by atoms with Gasteiger partial charge in [0.25, 0.3) is 0 Å². The third-order valence-corrected chi connectivity index (χ3v) is 3.92. The minimum Gasteiger partial charge on any atom is -0.388 e. The first-order chi connectivity index (χ1) is 6.86. The Bertz CT molecular complexity index is 324. The molecule has 0 unspecified atom stereocenters. The summed E-state index contributed by atoms with van der Waals surface area (Å²) in [7, 11) is 0. The van der Waals surface area contributed by atoms with Crippen molar-refractivity contribution >= 4 is 0 Å². The molecule has 1 N–H and O–H groups in total. The first-order valence-electron chi connectivity index (χ1n) is 5.63. The van der Waals surface area contributed by atoms with Crippen molar-refractivity contribution < 1.29 is 5.11 Å². The van der Waals surface area contributed by atoms with Crippen molar-refractivity contribution in [2.24, 2.45) is 5.92 Å². The van der Waals surface area contributed by atoms with Crippen LogP contribution in [0.25, 0.3) is 0 Å². The fourth-order valence-electron chi connectivity index (χ4n) is 3.20. The minimum atomic E-state index is -0.192. The summed E-state index contributed by atoms with van der Waals surface area (Å²) in [5.74, 6) is 1.26. The van der Waals surface area contributed by atoms with E-state index in [1.165, 1.54) is 36.8 Å². The maximum atomic E-state index is 10.2. The number of hydrogen-bond donors (Lipinski definition) is 1. The van der Waals surface area contributed by atoms with E-state index in [2.05, 4.69) is 18.2 Å². The van der Waals surface area contributed by atoms with Gasteiger partial charge in [-0.05, 0) is 42.2 Å². The van der Waals surface area contributed by atoms with E-state index in [1.54, 1.807) is 0 Å². The molecule has 0 spiro atoms. The van der Waals surface area contributed by atoms with Gasteiger partial charge in [0, 0.05) is 0 Å². The van der Waals surface area contributed by atoms with Crippen LogP contribution in [0, 0.1) is 5.92 Å². The van der Waals surface area contributed by atoms with Crippen molar-refractivity contribution in [3.05, 3.63) is 35.4 Å². The second-order valence-corrected chi connectivity index (χ2v) is 4.70. The molecular weight excluding hydrogens is 172 g/mol. The van der Waals surface area contributed by atoms with Crippen molar-refractivity contribution in [3.8, 4) is 0 Å². The molecule has 1 aromatic rings. The quantitative estimate of drug-likeness (QED) is 0.663. The molecule has 0 aliphatic heterocycles. The van der Waals surface area contributed by atoms with Gasteiger partial charge < -0.3 is 5.11 Å². The summed E-state index contributed by atoms with van der Waals surface area (Å²) in [6, 6.07) is 8.44. The van der Waals surface area contributed by atoms with Crippen LogP contribution in [-0.2, 0) is 0 Å². The van der Waals surface area contributed by atoms with Crippen LogP contribution < -0.4 is 0 Å². The van der Waals surface area contributed by atoms with Crippen LogP contribution in [0.15, 0.2) is 24.3 Å². The van der Waals surface area contributed by atoms with Crippen LogP contribution in [0.4, 0.5) is 0 Å². The Hall–Kier alpha value is -0.820. The molecule has 2 bridgehead atoms. The Morgan fingerprint density at radius 2 is 1.86 bits per heavy atom. The minimum absolute atomic E-state index is 0.192. The van der Waals surface area contributed by atoms with Crippen LogP contribution >= 0.6 is 0 Å². The van der Waals surface area contributed by atoms with Gasteiger partial charge in [0.05, 0.1) is 6.10 Å². The van der Waals surface area contributed by atoms with Gasteiger partial charge in [0.1, 0.15) is 0 Å². The maximum absolute atomic E-state index is 10.2. The lowest BCUT2D eigenvalue weighted by Gasteiger charge is -2.39. The Labute approximate surface area is 84.8 Å². The number of benzene rings is 1. The molecule has 74 valence electrons. The van der Waals surface area contributed by atoms with Crippen LogP contribution in [-0.4, -0.2) is 5.11 Å². The summed E-state index contributed by atoms with van der Waals surface area (Å²) in [6.07, 6.45) is 4.84. The number of aliphatic hydroxyl groups excluding tert-OH is 1. The Morgan fingerprint density at radius 3 is 2.71 bits per heavy atom. The molecule has 1 fully saturated rings. The van der Waals surface area contributed by atoms with E-state index in [1.807, 2.05) is 6.07 Å². The molecule has 1 heteroatoms. The highest BCUT2D eigenvalue weighted by molar-refractivity contribution is 5.35. The fraction of sp³-hybridized carbons (Fsp3) is 0.538. The average Bonchev–Trinajstić information content (AvgIpc) is 2.27. The van der Waals surface area contributed by atoms with E-state index in [0.717, 1.165) is 5.92 Å². The van der Waals surface area contributed by atoms with Crippen molar-refractivity contribution in [2.75, 3.05) is 0 Å². The zero-order valence-corrected chi connectivity index (χ0v) is 8.32. The highest BCUT2D eigenvalue weighted by Gasteiger charge is 2.35. The summed E-state index contributed by atoms with van der Waals surface area (Å²) in [6.45, 7) is 0. The maximum Gasteiger partial charge on any atom is 0.0821 e. The highest BCUT2D eigenvalue weighted by Crippen LogP contribution is 2.48. The summed E-state index contributed by atoms with van der Waals surface area (Å²) >= 11 is 0. The van der Waals surface area contributed by atoms with Gasteiger partial charge in [0.2, 0.25) is 0 Å². The summed E-state index contributed by atoms with van der Waals surface area (Å²) in [5, 5.41) is 10.2. The second kappa shape index (κ2) is 3.09. The van der Waals surface area contributed by atoms with Crippen molar-refractivity contribution in [3.63, 3.8) is 0 Å². The molecule has 0 amide bonds. The molecule has 2 aliphatic carbocycles. The SMILES string of the molecule is O[C@H]1c2ccccc2[C@H]2CCC[C@@H]1C2. The first-order valence-corrected chi connectivity index (χ1v) is 5.63. The van der Waals surface area contributed by atoms with Crippen LogP contribution in [0.3, 0.4) is 0 Å². The normalized spacial score (nSPS) is 35.1. The number of hydrogen-bond acceptors (Lipinski definition) is 1. The molecule has 3 atom stereocenters. The van der Waals surface area contributed by atoms with Crippen molar-refractivity contribution in [2.45, 2.75) is 37.7 Å². The van der Waals surface area contributed by atoms with E-state index in [0.29, 0.717) is 5.92 Å². The molecule has 3 rings (SSSR count). The summed E-state index contributed by atoms with van der Waals surface area (Å²) in [5.41, 5.74) is 2.62. The second-order valence-electron chi connectivity index (χ2n) is 4.70. The van der Waals surface area contributed by atoms with Crippen LogP contribution in [0.1, 0.15) is 48.8 Å². The highest BCUT2D eigenvalue weighted by atomic mass is 16.3. The van der Waals surface area contributed by atoms with E-state index in [4.69, 9.17) is 0 Å². The van der Waals surface area contributed by atoms with Crippen molar-refractivity contribution in [1.29, 1.82) is 0 Å². The molecule has 0 saturated heterocycles. The van der Waals surface area contributed by atoms with Crippen molar-refractivity contribution in [1.82, 2.24) is 0 Å². The van der Waals surface area contributed by atoms with Gasteiger partial charge in [0.15, 0.2) is 0 Å². The fourth-order valence-corrected chi connectivity index (χ4v) is 3.20. The third kappa shape index (κ3) is 1.12. The Morgan fingerprint density at radius 1 is 1.07 bits per heavy atom. The molecule has 1 nitrogen and oxygen atoms in total. The topological polar surface area (TPSA) is 20.2 Å². The molecule has 14 heavy (non-hydrogen) atoms. The van der Waals surface area contributed by atoms with Crippen LogP contribution in [0.5, 0.6) is 0 Å². The van der Waals surface area contributed by atoms with Gasteiger partial charge in [-0.25, -0.2) is 0 Å². The number of rotatable bonds is 0. The zero-order valence-electron chi connectivity index (χ0n) is 8.32. The lowest BCUT2D eigenvalue weighted by Crippen LogP contribution is -2.27. The lowest BCUT2D eigenvalue weighted by atomic mass is 9.68. The van der Waals surface area contributed by atoms with E-state index in [-0.39, 0.29) is 6.10 Å². The molecule has 1 saturated carbocycles. The van der Waals surface area contributed by atoms with E-state index >= 15 is 0 Å². The lowest BCUT2D eigenvalue weighted by molar-refractivity contribution is 0.0649. The molecule has 1 aromatic carbocycles. The summed E-state index contributed by atoms with van der Waals surface area (Å²) in [4.78, 5) is 0. The molecular formula is C13H16O. The molecule has 0 radical (unpaired) electrons. The van der Waals surface area contributed by atoms with Crippen LogP contribution in [0.2, 0.25) is 0 Å². The smallest absolute Gasteiger partial charge is 0.0821 e. The third-order valence-electron chi connectivity index (χ3n) is 3.92.